The smallest absolute Gasteiger partial charge is 0.191 e. The molecule has 28 heavy (non-hydrogen) atoms. The van der Waals surface area contributed by atoms with Crippen molar-refractivity contribution in [1.82, 2.24) is 15.6 Å². The van der Waals surface area contributed by atoms with E-state index in [1.807, 2.05) is 13.0 Å². The number of hydrogen-bond acceptors (Lipinski definition) is 4. The molecule has 5 nitrogen and oxygen atoms in total. The molecule has 0 bridgehead atoms. The quantitative estimate of drug-likeness (QED) is 0.437. The van der Waals surface area contributed by atoms with Gasteiger partial charge in [-0.25, -0.2) is 9.38 Å². The number of ether oxygens (including phenoxy) is 1. The van der Waals surface area contributed by atoms with Crippen LogP contribution < -0.4 is 15.4 Å². The van der Waals surface area contributed by atoms with Gasteiger partial charge in [0.15, 0.2) is 17.5 Å². The normalized spacial score (nSPS) is 11.3. The van der Waals surface area contributed by atoms with E-state index in [-0.39, 0.29) is 5.75 Å². The van der Waals surface area contributed by atoms with Gasteiger partial charge in [-0.3, -0.25) is 4.98 Å². The van der Waals surface area contributed by atoms with Crippen molar-refractivity contribution >= 4 is 17.3 Å². The fourth-order valence-electron chi connectivity index (χ4n) is 2.53. The number of nitrogens with one attached hydrogen (secondary N) is 2. The highest BCUT2D eigenvalue weighted by molar-refractivity contribution is 7.09. The third-order valence-electron chi connectivity index (χ3n) is 3.87. The minimum atomic E-state index is -0.424. The molecule has 0 aliphatic carbocycles. The number of nitrogens with zero attached hydrogens (tertiary/aromatic N) is 2. The summed E-state index contributed by atoms with van der Waals surface area (Å²) >= 11 is 1.74. The maximum Gasteiger partial charge on any atom is 0.191 e. The molecular formula is C21H23FN4OS. The second-order valence-electron chi connectivity index (χ2n) is 6.01. The number of guanidine groups is 1. The Hall–Kier alpha value is -2.93. The summed E-state index contributed by atoms with van der Waals surface area (Å²) in [7, 11) is 0. The molecule has 1 aromatic carbocycles. The lowest BCUT2D eigenvalue weighted by Gasteiger charge is -2.11. The summed E-state index contributed by atoms with van der Waals surface area (Å²) < 4.78 is 19.9. The van der Waals surface area contributed by atoms with Crippen LogP contribution in [-0.4, -0.2) is 24.0 Å². The van der Waals surface area contributed by atoms with Gasteiger partial charge < -0.3 is 15.4 Å². The summed E-state index contributed by atoms with van der Waals surface area (Å²) in [6, 6.07) is 12.5. The van der Waals surface area contributed by atoms with E-state index in [9.17, 15) is 4.39 Å². The van der Waals surface area contributed by atoms with Crippen LogP contribution >= 0.6 is 11.3 Å². The van der Waals surface area contributed by atoms with Gasteiger partial charge in [0.25, 0.3) is 0 Å². The number of aliphatic imine (C=N–C) groups is 1. The molecule has 146 valence electrons. The SMILES string of the molecule is CCNC(=NCc1ccc(Oc2cccnc2)c(F)c1)NCCc1cccs1. The minimum Gasteiger partial charge on any atom is -0.453 e. The Labute approximate surface area is 168 Å². The van der Waals surface area contributed by atoms with Crippen molar-refractivity contribution in [3.63, 3.8) is 0 Å². The lowest BCUT2D eigenvalue weighted by Crippen LogP contribution is -2.38. The summed E-state index contributed by atoms with van der Waals surface area (Å²) in [4.78, 5) is 9.82. The Morgan fingerprint density at radius 1 is 1.21 bits per heavy atom. The van der Waals surface area contributed by atoms with Crippen LogP contribution in [0.4, 0.5) is 4.39 Å². The van der Waals surface area contributed by atoms with Crippen LogP contribution in [0.25, 0.3) is 0 Å². The molecule has 0 amide bonds. The second kappa shape index (κ2) is 10.4. The molecule has 0 atom stereocenters. The van der Waals surface area contributed by atoms with Gasteiger partial charge in [-0.05, 0) is 54.6 Å². The predicted molar refractivity (Wildman–Crippen MR) is 112 cm³/mol. The molecule has 0 radical (unpaired) electrons. The van der Waals surface area contributed by atoms with Crippen molar-refractivity contribution in [2.45, 2.75) is 19.9 Å². The molecule has 0 aliphatic rings. The number of hydrogen-bond donors (Lipinski definition) is 2. The van der Waals surface area contributed by atoms with E-state index in [0.29, 0.717) is 12.3 Å². The number of rotatable bonds is 8. The molecule has 3 rings (SSSR count). The highest BCUT2D eigenvalue weighted by Crippen LogP contribution is 2.24. The van der Waals surface area contributed by atoms with Crippen LogP contribution in [0.15, 0.2) is 65.2 Å². The first-order valence-corrected chi connectivity index (χ1v) is 10.0. The molecule has 7 heteroatoms. The van der Waals surface area contributed by atoms with Gasteiger partial charge in [0.1, 0.15) is 5.75 Å². The molecule has 0 fully saturated rings. The van der Waals surface area contributed by atoms with E-state index in [2.05, 4.69) is 38.1 Å². The first-order chi connectivity index (χ1) is 13.7. The topological polar surface area (TPSA) is 58.5 Å². The number of benzene rings is 1. The summed E-state index contributed by atoms with van der Waals surface area (Å²) in [5, 5.41) is 8.59. The van der Waals surface area contributed by atoms with Crippen LogP contribution in [-0.2, 0) is 13.0 Å². The zero-order valence-electron chi connectivity index (χ0n) is 15.7. The van der Waals surface area contributed by atoms with Gasteiger partial charge in [0.05, 0.1) is 12.7 Å². The van der Waals surface area contributed by atoms with Gasteiger partial charge in [0, 0.05) is 24.2 Å². The van der Waals surface area contributed by atoms with E-state index in [1.54, 1.807) is 41.9 Å². The third kappa shape index (κ3) is 6.06. The van der Waals surface area contributed by atoms with Crippen molar-refractivity contribution in [3.8, 4) is 11.5 Å². The Morgan fingerprint density at radius 3 is 2.86 bits per heavy atom. The molecule has 0 spiro atoms. The second-order valence-corrected chi connectivity index (χ2v) is 7.04. The Balaban J connectivity index is 1.57. The maximum absolute atomic E-state index is 14.3. The standard InChI is InChI=1S/C21H23FN4OS/c1-2-24-21(25-11-9-18-6-4-12-28-18)26-14-16-7-8-20(19(22)13-16)27-17-5-3-10-23-15-17/h3-8,10,12-13,15H,2,9,11,14H2,1H3,(H2,24,25,26). The monoisotopic (exact) mass is 398 g/mol. The molecule has 0 unspecified atom stereocenters. The van der Waals surface area contributed by atoms with Gasteiger partial charge in [-0.2, -0.15) is 0 Å². The molecule has 0 saturated carbocycles. The average Bonchev–Trinajstić information content (AvgIpc) is 3.22. The molecular weight excluding hydrogens is 375 g/mol. The van der Waals surface area contributed by atoms with Crippen molar-refractivity contribution in [3.05, 3.63) is 76.5 Å². The van der Waals surface area contributed by atoms with Crippen LogP contribution in [0.5, 0.6) is 11.5 Å². The molecule has 2 heterocycles. The van der Waals surface area contributed by atoms with Crippen molar-refractivity contribution in [2.75, 3.05) is 13.1 Å². The molecule has 2 N–H and O–H groups in total. The molecule has 3 aromatic rings. The molecule has 0 aliphatic heterocycles. The first-order valence-electron chi connectivity index (χ1n) is 9.15. The largest absolute Gasteiger partial charge is 0.453 e. The van der Waals surface area contributed by atoms with Gasteiger partial charge in [0.2, 0.25) is 0 Å². The number of aromatic nitrogens is 1. The summed E-state index contributed by atoms with van der Waals surface area (Å²) in [6.45, 7) is 3.94. The van der Waals surface area contributed by atoms with E-state index < -0.39 is 5.82 Å². The average molecular weight is 399 g/mol. The maximum atomic E-state index is 14.3. The van der Waals surface area contributed by atoms with Crippen LogP contribution in [0.2, 0.25) is 0 Å². The zero-order chi connectivity index (χ0) is 19.6. The molecule has 2 aromatic heterocycles. The van der Waals surface area contributed by atoms with Crippen molar-refractivity contribution < 1.29 is 9.13 Å². The van der Waals surface area contributed by atoms with Crippen LogP contribution in [0, 0.1) is 5.82 Å². The van der Waals surface area contributed by atoms with Crippen LogP contribution in [0.1, 0.15) is 17.4 Å². The Kier molecular flexibility index (Phi) is 7.37. The Morgan fingerprint density at radius 2 is 2.14 bits per heavy atom. The fourth-order valence-corrected chi connectivity index (χ4v) is 3.24. The highest BCUT2D eigenvalue weighted by atomic mass is 32.1. The third-order valence-corrected chi connectivity index (χ3v) is 4.80. The zero-order valence-corrected chi connectivity index (χ0v) is 16.5. The lowest BCUT2D eigenvalue weighted by atomic mass is 10.2. The van der Waals surface area contributed by atoms with E-state index in [0.717, 1.165) is 31.0 Å². The number of halogens is 1. The van der Waals surface area contributed by atoms with Gasteiger partial charge in [-0.15, -0.1) is 11.3 Å². The summed E-state index contributed by atoms with van der Waals surface area (Å²) in [5.74, 6) is 0.959. The van der Waals surface area contributed by atoms with Gasteiger partial charge >= 0.3 is 0 Å². The number of thiophene rings is 1. The summed E-state index contributed by atoms with van der Waals surface area (Å²) in [6.07, 6.45) is 4.13. The number of pyridine rings is 1. The highest BCUT2D eigenvalue weighted by Gasteiger charge is 2.07. The minimum absolute atomic E-state index is 0.168. The first kappa shape index (κ1) is 19.8. The predicted octanol–water partition coefficient (Wildman–Crippen LogP) is 4.37. The van der Waals surface area contributed by atoms with Crippen LogP contribution in [0.3, 0.4) is 0 Å². The lowest BCUT2D eigenvalue weighted by molar-refractivity contribution is 0.440. The Bertz CT molecular complexity index is 885. The summed E-state index contributed by atoms with van der Waals surface area (Å²) in [5.41, 5.74) is 0.770. The van der Waals surface area contributed by atoms with E-state index in [4.69, 9.17) is 4.74 Å². The van der Waals surface area contributed by atoms with E-state index in [1.165, 1.54) is 10.9 Å². The fraction of sp³-hybridized carbons (Fsp3) is 0.238. The van der Waals surface area contributed by atoms with E-state index >= 15 is 0 Å². The van der Waals surface area contributed by atoms with Crippen molar-refractivity contribution in [2.24, 2.45) is 4.99 Å². The van der Waals surface area contributed by atoms with Crippen molar-refractivity contribution in [1.29, 1.82) is 0 Å². The molecule has 0 saturated heterocycles. The van der Waals surface area contributed by atoms with Gasteiger partial charge in [-0.1, -0.05) is 12.1 Å².